The van der Waals surface area contributed by atoms with Crippen LogP contribution in [0.3, 0.4) is 0 Å². The predicted octanol–water partition coefficient (Wildman–Crippen LogP) is 10.3. The summed E-state index contributed by atoms with van der Waals surface area (Å²) in [6.45, 7) is 4.21. The van der Waals surface area contributed by atoms with Crippen LogP contribution in [0.15, 0.2) is 24.3 Å². The van der Waals surface area contributed by atoms with Crippen molar-refractivity contribution in [1.29, 1.82) is 0 Å². The minimum absolute atomic E-state index is 0.0691. The Labute approximate surface area is 273 Å². The third-order valence-electron chi connectivity index (χ3n) is 8.78. The zero-order valence-corrected chi connectivity index (χ0v) is 29.3. The molecule has 0 saturated heterocycles. The molecule has 5 heteroatoms. The van der Waals surface area contributed by atoms with Crippen LogP contribution < -0.4 is 5.32 Å². The third kappa shape index (κ3) is 30.8. The predicted molar refractivity (Wildman–Crippen MR) is 190 cm³/mol. The summed E-state index contributed by atoms with van der Waals surface area (Å²) < 4.78 is 0. The maximum atomic E-state index is 12.3. The quantitative estimate of drug-likeness (QED) is 0.0425. The molecule has 260 valence electrons. The molecule has 44 heavy (non-hydrogen) atoms. The normalized spacial score (nSPS) is 14.0. The van der Waals surface area contributed by atoms with Crippen molar-refractivity contribution < 1.29 is 20.1 Å². The first-order valence-electron chi connectivity index (χ1n) is 19.1. The summed E-state index contributed by atoms with van der Waals surface area (Å²) in [6, 6.07) is -0.686. The highest BCUT2D eigenvalue weighted by Crippen LogP contribution is 2.15. The third-order valence-corrected chi connectivity index (χ3v) is 8.78. The minimum Gasteiger partial charge on any atom is -0.394 e. The molecule has 0 aliphatic carbocycles. The van der Waals surface area contributed by atoms with Crippen LogP contribution in [0.5, 0.6) is 0 Å². The minimum atomic E-state index is -0.867. The van der Waals surface area contributed by atoms with Crippen LogP contribution in [0.4, 0.5) is 0 Å². The van der Waals surface area contributed by atoms with Gasteiger partial charge in [0.2, 0.25) is 5.91 Å². The number of hydrogen-bond acceptors (Lipinski definition) is 4. The van der Waals surface area contributed by atoms with Gasteiger partial charge in [0.1, 0.15) is 0 Å². The van der Waals surface area contributed by atoms with Crippen LogP contribution in [0, 0.1) is 0 Å². The van der Waals surface area contributed by atoms with Crippen molar-refractivity contribution in [2.24, 2.45) is 0 Å². The van der Waals surface area contributed by atoms with E-state index in [1.54, 1.807) is 6.08 Å². The Morgan fingerprint density at radius 2 is 1.02 bits per heavy atom. The first-order valence-corrected chi connectivity index (χ1v) is 19.1. The number of allylic oxidation sites excluding steroid dienone is 3. The SMILES string of the molecule is CCCCCCCC/C=C\C/C=C\C(O)CC(=O)NC(CO)C(O)CCCCCCCCCCCCCCCCCCCC. The largest absolute Gasteiger partial charge is 0.394 e. The van der Waals surface area contributed by atoms with Gasteiger partial charge in [0.15, 0.2) is 0 Å². The van der Waals surface area contributed by atoms with Gasteiger partial charge < -0.3 is 20.6 Å². The van der Waals surface area contributed by atoms with Crippen LogP contribution in [-0.2, 0) is 4.79 Å². The Morgan fingerprint density at radius 1 is 0.591 bits per heavy atom. The number of aliphatic hydroxyl groups is 3. The zero-order chi connectivity index (χ0) is 32.4. The average molecular weight is 622 g/mol. The molecule has 0 aromatic rings. The molecule has 0 fully saturated rings. The molecule has 3 unspecified atom stereocenters. The lowest BCUT2D eigenvalue weighted by atomic mass is 10.0. The molecule has 0 rings (SSSR count). The molecule has 0 aromatic heterocycles. The Hall–Kier alpha value is -1.17. The fourth-order valence-corrected chi connectivity index (χ4v) is 5.81. The second-order valence-corrected chi connectivity index (χ2v) is 13.2. The zero-order valence-electron chi connectivity index (χ0n) is 29.3. The Kier molecular flexibility index (Phi) is 33.8. The molecule has 0 aliphatic heterocycles. The number of amides is 1. The van der Waals surface area contributed by atoms with Gasteiger partial charge >= 0.3 is 0 Å². The summed E-state index contributed by atoms with van der Waals surface area (Å²) in [5.74, 6) is -0.350. The molecule has 5 nitrogen and oxygen atoms in total. The second-order valence-electron chi connectivity index (χ2n) is 13.2. The van der Waals surface area contributed by atoms with Gasteiger partial charge in [0.05, 0.1) is 31.3 Å². The van der Waals surface area contributed by atoms with E-state index in [4.69, 9.17) is 0 Å². The van der Waals surface area contributed by atoms with E-state index in [1.807, 2.05) is 6.08 Å². The fourth-order valence-electron chi connectivity index (χ4n) is 5.81. The summed E-state index contributed by atoms with van der Waals surface area (Å²) in [6.07, 6.45) is 40.1. The van der Waals surface area contributed by atoms with E-state index in [1.165, 1.54) is 141 Å². The molecular formula is C39H75NO4. The van der Waals surface area contributed by atoms with Crippen molar-refractivity contribution in [3.8, 4) is 0 Å². The summed E-state index contributed by atoms with van der Waals surface area (Å²) in [7, 11) is 0. The van der Waals surface area contributed by atoms with Crippen LogP contribution >= 0.6 is 0 Å². The number of aliphatic hydroxyl groups excluding tert-OH is 3. The highest BCUT2D eigenvalue weighted by Gasteiger charge is 2.21. The summed E-state index contributed by atoms with van der Waals surface area (Å²) in [5.41, 5.74) is 0. The highest BCUT2D eigenvalue weighted by atomic mass is 16.3. The second kappa shape index (κ2) is 34.7. The molecule has 0 bridgehead atoms. The van der Waals surface area contributed by atoms with Crippen molar-refractivity contribution in [1.82, 2.24) is 5.32 Å². The monoisotopic (exact) mass is 622 g/mol. The molecular weight excluding hydrogens is 546 g/mol. The van der Waals surface area contributed by atoms with E-state index < -0.39 is 18.2 Å². The first kappa shape index (κ1) is 42.8. The highest BCUT2D eigenvalue weighted by molar-refractivity contribution is 5.77. The number of carbonyl (C=O) groups is 1. The summed E-state index contributed by atoms with van der Waals surface area (Å²) >= 11 is 0. The maximum Gasteiger partial charge on any atom is 0.223 e. The van der Waals surface area contributed by atoms with Gasteiger partial charge in [-0.1, -0.05) is 186 Å². The van der Waals surface area contributed by atoms with Gasteiger partial charge in [-0.3, -0.25) is 4.79 Å². The van der Waals surface area contributed by atoms with Crippen LogP contribution in [0.1, 0.15) is 194 Å². The van der Waals surface area contributed by atoms with E-state index in [0.717, 1.165) is 25.7 Å². The Bertz CT molecular complexity index is 650. The Morgan fingerprint density at radius 3 is 1.48 bits per heavy atom. The smallest absolute Gasteiger partial charge is 0.223 e. The molecule has 1 amide bonds. The van der Waals surface area contributed by atoms with Crippen LogP contribution in [0.25, 0.3) is 0 Å². The number of hydrogen-bond donors (Lipinski definition) is 4. The van der Waals surface area contributed by atoms with Crippen LogP contribution in [0.2, 0.25) is 0 Å². The van der Waals surface area contributed by atoms with Gasteiger partial charge in [-0.25, -0.2) is 0 Å². The lowest BCUT2D eigenvalue weighted by Crippen LogP contribution is -2.46. The lowest BCUT2D eigenvalue weighted by Gasteiger charge is -2.22. The molecule has 4 N–H and O–H groups in total. The number of rotatable bonds is 34. The van der Waals surface area contributed by atoms with Gasteiger partial charge in [0.25, 0.3) is 0 Å². The molecule has 0 radical (unpaired) electrons. The van der Waals surface area contributed by atoms with E-state index in [-0.39, 0.29) is 18.9 Å². The van der Waals surface area contributed by atoms with E-state index >= 15 is 0 Å². The van der Waals surface area contributed by atoms with Gasteiger partial charge in [-0.05, 0) is 25.7 Å². The molecule has 0 saturated carbocycles. The van der Waals surface area contributed by atoms with Crippen molar-refractivity contribution in [3.05, 3.63) is 24.3 Å². The maximum absolute atomic E-state index is 12.3. The lowest BCUT2D eigenvalue weighted by molar-refractivity contribution is -0.124. The topological polar surface area (TPSA) is 89.8 Å². The fraction of sp³-hybridized carbons (Fsp3) is 0.872. The van der Waals surface area contributed by atoms with E-state index in [0.29, 0.717) is 6.42 Å². The standard InChI is InChI=1S/C39H75NO4/c1-3-5-7-9-11-13-15-16-17-18-19-20-21-23-25-27-29-31-33-38(43)37(35-41)40-39(44)34-36(42)32-30-28-26-24-22-14-12-10-8-6-4-2/h24,26,30,32,36-38,41-43H,3-23,25,27-29,31,33-35H2,1-2H3,(H,40,44)/b26-24-,32-30-. The number of carbonyl (C=O) groups excluding carboxylic acids is 1. The molecule has 0 aromatic carbocycles. The van der Waals surface area contributed by atoms with Crippen molar-refractivity contribution in [3.63, 3.8) is 0 Å². The van der Waals surface area contributed by atoms with E-state index in [2.05, 4.69) is 31.3 Å². The average Bonchev–Trinajstić information content (AvgIpc) is 3.01. The van der Waals surface area contributed by atoms with Gasteiger partial charge in [0, 0.05) is 0 Å². The summed E-state index contributed by atoms with van der Waals surface area (Å²) in [5, 5.41) is 33.0. The first-order chi connectivity index (χ1) is 21.5. The Balaban J connectivity index is 3.71. The molecule has 0 spiro atoms. The van der Waals surface area contributed by atoms with Gasteiger partial charge in [-0.15, -0.1) is 0 Å². The number of unbranched alkanes of at least 4 members (excludes halogenated alkanes) is 23. The van der Waals surface area contributed by atoms with Gasteiger partial charge in [-0.2, -0.15) is 0 Å². The molecule has 3 atom stereocenters. The van der Waals surface area contributed by atoms with Crippen molar-refractivity contribution in [2.45, 2.75) is 212 Å². The molecule has 0 aliphatic rings. The van der Waals surface area contributed by atoms with Crippen molar-refractivity contribution >= 4 is 5.91 Å². The molecule has 0 heterocycles. The summed E-state index contributed by atoms with van der Waals surface area (Å²) in [4.78, 5) is 12.3. The number of nitrogens with one attached hydrogen (secondary N) is 1. The van der Waals surface area contributed by atoms with Crippen molar-refractivity contribution in [2.75, 3.05) is 6.61 Å². The van der Waals surface area contributed by atoms with E-state index in [9.17, 15) is 20.1 Å². The van der Waals surface area contributed by atoms with Crippen LogP contribution in [-0.4, -0.2) is 46.1 Å².